The van der Waals surface area contributed by atoms with E-state index in [1.165, 1.54) is 6.07 Å². The Kier molecular flexibility index (Phi) is 6.29. The van der Waals surface area contributed by atoms with Crippen molar-refractivity contribution >= 4 is 33.4 Å². The second-order valence-corrected chi connectivity index (χ2v) is 5.97. The van der Waals surface area contributed by atoms with Gasteiger partial charge in [-0.1, -0.05) is 13.8 Å². The van der Waals surface area contributed by atoms with Crippen LogP contribution in [0.3, 0.4) is 0 Å². The molecule has 1 aromatic rings. The minimum Gasteiger partial charge on any atom is -0.346 e. The van der Waals surface area contributed by atoms with E-state index in [2.05, 4.69) is 26.6 Å². The predicted octanol–water partition coefficient (Wildman–Crippen LogP) is 1.93. The van der Waals surface area contributed by atoms with Crippen LogP contribution >= 0.6 is 15.9 Å². The summed E-state index contributed by atoms with van der Waals surface area (Å²) in [5.41, 5.74) is 6.73. The first-order valence-corrected chi connectivity index (χ1v) is 7.30. The van der Waals surface area contributed by atoms with Crippen LogP contribution in [0.5, 0.6) is 0 Å². The lowest BCUT2D eigenvalue weighted by Crippen LogP contribution is -2.46. The van der Waals surface area contributed by atoms with Gasteiger partial charge in [0.2, 0.25) is 11.8 Å². The van der Waals surface area contributed by atoms with Crippen LogP contribution < -0.4 is 16.4 Å². The highest BCUT2D eigenvalue weighted by Gasteiger charge is 2.17. The third-order valence-corrected chi connectivity index (χ3v) is 3.59. The molecule has 0 saturated carbocycles. The van der Waals surface area contributed by atoms with Gasteiger partial charge in [-0.15, -0.1) is 0 Å². The molecule has 0 spiro atoms. The van der Waals surface area contributed by atoms with Crippen LogP contribution in [-0.4, -0.2) is 24.4 Å². The maximum atomic E-state index is 13.4. The van der Waals surface area contributed by atoms with E-state index in [9.17, 15) is 14.0 Å². The fraction of sp³-hybridized carbons (Fsp3) is 0.429. The summed E-state index contributed by atoms with van der Waals surface area (Å²) in [4.78, 5) is 23.4. The molecule has 5 nitrogen and oxygen atoms in total. The molecule has 0 aliphatic heterocycles. The van der Waals surface area contributed by atoms with Crippen LogP contribution in [0.25, 0.3) is 0 Å². The monoisotopic (exact) mass is 359 g/mol. The van der Waals surface area contributed by atoms with Crippen molar-refractivity contribution in [1.82, 2.24) is 5.32 Å². The van der Waals surface area contributed by atoms with Crippen molar-refractivity contribution in [3.63, 3.8) is 0 Å². The maximum absolute atomic E-state index is 13.4. The van der Waals surface area contributed by atoms with Crippen molar-refractivity contribution in [2.75, 3.05) is 11.9 Å². The van der Waals surface area contributed by atoms with Crippen molar-refractivity contribution < 1.29 is 14.0 Å². The van der Waals surface area contributed by atoms with E-state index < -0.39 is 17.8 Å². The number of anilines is 1. The molecule has 0 aromatic heterocycles. The zero-order chi connectivity index (χ0) is 16.2. The molecule has 116 valence electrons. The lowest BCUT2D eigenvalue weighted by molar-refractivity contribution is -0.125. The van der Waals surface area contributed by atoms with Crippen LogP contribution in [0.1, 0.15) is 19.4 Å². The van der Waals surface area contributed by atoms with Crippen molar-refractivity contribution in [2.45, 2.75) is 26.8 Å². The Labute approximate surface area is 131 Å². The van der Waals surface area contributed by atoms with Crippen molar-refractivity contribution in [3.8, 4) is 0 Å². The number of nitrogens with one attached hydrogen (secondary N) is 2. The number of amides is 2. The maximum Gasteiger partial charge on any atom is 0.243 e. The first-order chi connectivity index (χ1) is 9.72. The summed E-state index contributed by atoms with van der Waals surface area (Å²) in [7, 11) is 0. The minimum absolute atomic E-state index is 0.0177. The van der Waals surface area contributed by atoms with E-state index >= 15 is 0 Å². The van der Waals surface area contributed by atoms with Gasteiger partial charge in [0.1, 0.15) is 5.82 Å². The van der Waals surface area contributed by atoms with E-state index in [1.54, 1.807) is 13.0 Å². The topological polar surface area (TPSA) is 84.2 Å². The van der Waals surface area contributed by atoms with Gasteiger partial charge in [-0.25, -0.2) is 4.39 Å². The molecule has 1 aromatic carbocycles. The lowest BCUT2D eigenvalue weighted by atomic mass is 10.1. The number of rotatable bonds is 5. The van der Waals surface area contributed by atoms with Crippen LogP contribution in [0.4, 0.5) is 10.1 Å². The van der Waals surface area contributed by atoms with Gasteiger partial charge in [-0.2, -0.15) is 0 Å². The minimum atomic E-state index is -0.662. The number of carbonyl (C=O) groups excluding carboxylic acids is 2. The molecule has 0 fully saturated rings. The third kappa shape index (κ3) is 5.09. The molecule has 0 aliphatic carbocycles. The number of aryl methyl sites for hydroxylation is 1. The lowest BCUT2D eigenvalue weighted by Gasteiger charge is -2.15. The quantitative estimate of drug-likeness (QED) is 0.750. The van der Waals surface area contributed by atoms with Gasteiger partial charge in [0, 0.05) is 5.69 Å². The molecule has 21 heavy (non-hydrogen) atoms. The number of hydrogen-bond donors (Lipinski definition) is 3. The summed E-state index contributed by atoms with van der Waals surface area (Å²) in [6, 6.07) is 2.13. The summed E-state index contributed by atoms with van der Waals surface area (Å²) in [5, 5.41) is 5.00. The SMILES string of the molecule is Cc1cc(Br)c(F)cc1NC(=O)CNC(=O)[C@@H](N)C(C)C. The average molecular weight is 360 g/mol. The Bertz CT molecular complexity index is 549. The van der Waals surface area contributed by atoms with Gasteiger partial charge in [0.25, 0.3) is 0 Å². The number of hydrogen-bond acceptors (Lipinski definition) is 3. The Morgan fingerprint density at radius 2 is 2.00 bits per heavy atom. The smallest absolute Gasteiger partial charge is 0.243 e. The molecule has 4 N–H and O–H groups in total. The fourth-order valence-electron chi connectivity index (χ4n) is 1.56. The largest absolute Gasteiger partial charge is 0.346 e. The highest BCUT2D eigenvalue weighted by Crippen LogP contribution is 2.23. The third-order valence-electron chi connectivity index (χ3n) is 2.99. The molecule has 0 bridgehead atoms. The zero-order valence-electron chi connectivity index (χ0n) is 12.2. The molecular weight excluding hydrogens is 341 g/mol. The molecule has 7 heteroatoms. The Balaban J connectivity index is 2.59. The molecule has 0 aliphatic rings. The molecular formula is C14H19BrFN3O2. The van der Waals surface area contributed by atoms with E-state index in [0.717, 1.165) is 0 Å². The molecule has 0 unspecified atom stereocenters. The summed E-state index contributed by atoms with van der Waals surface area (Å²) < 4.78 is 13.8. The molecule has 0 heterocycles. The van der Waals surface area contributed by atoms with Crippen molar-refractivity contribution in [1.29, 1.82) is 0 Å². The average Bonchev–Trinajstić information content (AvgIpc) is 2.41. The molecule has 0 saturated heterocycles. The normalized spacial score (nSPS) is 12.1. The Morgan fingerprint density at radius 3 is 2.57 bits per heavy atom. The molecule has 1 rings (SSSR count). The van der Waals surface area contributed by atoms with Crippen LogP contribution in [0.2, 0.25) is 0 Å². The van der Waals surface area contributed by atoms with Crippen molar-refractivity contribution in [3.05, 3.63) is 28.0 Å². The van der Waals surface area contributed by atoms with E-state index in [0.29, 0.717) is 15.7 Å². The summed E-state index contributed by atoms with van der Waals surface area (Å²) in [6.45, 7) is 5.17. The van der Waals surface area contributed by atoms with Crippen LogP contribution in [0.15, 0.2) is 16.6 Å². The highest BCUT2D eigenvalue weighted by atomic mass is 79.9. The summed E-state index contributed by atoms with van der Waals surface area (Å²) in [5.74, 6) is -1.32. The molecule has 1 atom stereocenters. The summed E-state index contributed by atoms with van der Waals surface area (Å²) >= 11 is 3.07. The molecule has 0 radical (unpaired) electrons. The van der Waals surface area contributed by atoms with Crippen molar-refractivity contribution in [2.24, 2.45) is 11.7 Å². The standard InChI is InChI=1S/C14H19BrFN3O2/c1-7(2)13(17)14(21)18-6-12(20)19-11-5-10(16)9(15)4-8(11)3/h4-5,7,13H,6,17H2,1-3H3,(H,18,21)(H,19,20)/t13-/m0/s1. The van der Waals surface area contributed by atoms with Gasteiger partial charge in [-0.3, -0.25) is 9.59 Å². The number of halogens is 2. The fourth-order valence-corrected chi connectivity index (χ4v) is 2.02. The Hall–Kier alpha value is -1.47. The first kappa shape index (κ1) is 17.6. The van der Waals surface area contributed by atoms with Gasteiger partial charge in [0.05, 0.1) is 17.1 Å². The van der Waals surface area contributed by atoms with Gasteiger partial charge in [-0.05, 0) is 46.5 Å². The zero-order valence-corrected chi connectivity index (χ0v) is 13.8. The summed E-state index contributed by atoms with van der Waals surface area (Å²) in [6.07, 6.45) is 0. The van der Waals surface area contributed by atoms with Gasteiger partial charge < -0.3 is 16.4 Å². The molecule has 2 amide bonds. The van der Waals surface area contributed by atoms with E-state index in [4.69, 9.17) is 5.73 Å². The van der Waals surface area contributed by atoms with Crippen LogP contribution in [-0.2, 0) is 9.59 Å². The second kappa shape index (κ2) is 7.51. The number of nitrogens with two attached hydrogens (primary N) is 1. The Morgan fingerprint density at radius 1 is 1.38 bits per heavy atom. The predicted molar refractivity (Wildman–Crippen MR) is 83.3 cm³/mol. The van der Waals surface area contributed by atoms with E-state index in [1.807, 2.05) is 13.8 Å². The second-order valence-electron chi connectivity index (χ2n) is 5.12. The number of carbonyl (C=O) groups is 2. The number of benzene rings is 1. The van der Waals surface area contributed by atoms with Crippen LogP contribution in [0, 0.1) is 18.7 Å². The van der Waals surface area contributed by atoms with Gasteiger partial charge >= 0.3 is 0 Å². The first-order valence-electron chi connectivity index (χ1n) is 6.51. The van der Waals surface area contributed by atoms with E-state index in [-0.39, 0.29) is 18.4 Å². The van der Waals surface area contributed by atoms with Gasteiger partial charge in [0.15, 0.2) is 0 Å². The highest BCUT2D eigenvalue weighted by molar-refractivity contribution is 9.10.